The Morgan fingerprint density at radius 3 is 2.79 bits per heavy atom. The maximum absolute atomic E-state index is 11.9. The number of ether oxygens (including phenoxy) is 1. The topological polar surface area (TPSA) is 58.0 Å². The molecule has 1 aromatic rings. The summed E-state index contributed by atoms with van der Waals surface area (Å²) in [6.45, 7) is -2.95. The Morgan fingerprint density at radius 1 is 1.50 bits per heavy atom. The number of hydrogen-bond acceptors (Lipinski definition) is 2. The molecule has 0 aliphatic heterocycles. The summed E-state index contributed by atoms with van der Waals surface area (Å²) < 4.78 is 28.5. The molecule has 0 radical (unpaired) electrons. The summed E-state index contributed by atoms with van der Waals surface area (Å²) in [5.74, 6) is -0.160. The van der Waals surface area contributed by atoms with Crippen LogP contribution >= 0.6 is 15.9 Å². The lowest BCUT2D eigenvalue weighted by Crippen LogP contribution is -2.01. The Balaban J connectivity index is 3.08. The van der Waals surface area contributed by atoms with Gasteiger partial charge in [0.2, 0.25) is 0 Å². The monoisotopic (exact) mass is 263 g/mol. The van der Waals surface area contributed by atoms with E-state index in [0.717, 1.165) is 0 Å². The molecule has 0 saturated heterocycles. The van der Waals surface area contributed by atoms with Crippen molar-refractivity contribution >= 4 is 21.6 Å². The van der Waals surface area contributed by atoms with Crippen LogP contribution in [0, 0.1) is 0 Å². The van der Waals surface area contributed by atoms with Gasteiger partial charge in [-0.1, -0.05) is 21.0 Å². The first kappa shape index (κ1) is 10.7. The molecule has 74 valence electrons. The van der Waals surface area contributed by atoms with Crippen LogP contribution in [0.5, 0.6) is 5.75 Å². The van der Waals surface area contributed by atoms with Crippen molar-refractivity contribution in [3.8, 4) is 5.75 Å². The minimum atomic E-state index is -2.95. The molecule has 4 nitrogen and oxygen atoms in total. The molecule has 0 heterocycles. The van der Waals surface area contributed by atoms with Crippen molar-refractivity contribution in [3.05, 3.63) is 33.1 Å². The van der Waals surface area contributed by atoms with Gasteiger partial charge in [-0.15, -0.1) is 0 Å². The van der Waals surface area contributed by atoms with Gasteiger partial charge in [-0.3, -0.25) is 0 Å². The molecule has 1 aromatic carbocycles. The maximum atomic E-state index is 11.9. The van der Waals surface area contributed by atoms with Gasteiger partial charge in [0.25, 0.3) is 0 Å². The summed E-state index contributed by atoms with van der Waals surface area (Å²) >= 11 is 3.08. The Hall–Kier alpha value is -1.33. The highest BCUT2D eigenvalue weighted by Gasteiger charge is 2.08. The predicted octanol–water partition coefficient (Wildman–Crippen LogP) is 3.99. The second kappa shape index (κ2) is 4.78. The largest absolute Gasteiger partial charge is 0.434 e. The molecule has 1 rings (SSSR count). The van der Waals surface area contributed by atoms with Crippen LogP contribution in [-0.4, -0.2) is 6.61 Å². The van der Waals surface area contributed by atoms with E-state index < -0.39 is 6.61 Å². The standard InChI is InChI=1S/C7H4BrF2N3O/c8-4-1-2-5(12-13-11)6(3-4)14-7(9)10/h1-3,7H. The van der Waals surface area contributed by atoms with Crippen LogP contribution in [-0.2, 0) is 0 Å². The van der Waals surface area contributed by atoms with Crippen LogP contribution in [0.2, 0.25) is 0 Å². The Kier molecular flexibility index (Phi) is 3.67. The first-order valence-corrected chi connectivity index (χ1v) is 4.22. The number of azide groups is 1. The van der Waals surface area contributed by atoms with E-state index in [-0.39, 0.29) is 11.4 Å². The second-order valence-corrected chi connectivity index (χ2v) is 3.10. The number of benzene rings is 1. The quantitative estimate of drug-likeness (QED) is 0.462. The number of nitrogens with zero attached hydrogens (tertiary/aromatic N) is 3. The third-order valence-electron chi connectivity index (χ3n) is 1.29. The summed E-state index contributed by atoms with van der Waals surface area (Å²) in [5, 5.41) is 3.20. The highest BCUT2D eigenvalue weighted by Crippen LogP contribution is 2.31. The SMILES string of the molecule is [N-]=[N+]=Nc1ccc(Br)cc1OC(F)F. The van der Waals surface area contributed by atoms with Crippen molar-refractivity contribution in [3.63, 3.8) is 0 Å². The van der Waals surface area contributed by atoms with Gasteiger partial charge < -0.3 is 4.74 Å². The molecule has 14 heavy (non-hydrogen) atoms. The van der Waals surface area contributed by atoms with E-state index >= 15 is 0 Å². The molecule has 0 amide bonds. The Labute approximate surface area is 86.2 Å². The van der Waals surface area contributed by atoms with Crippen LogP contribution in [0.1, 0.15) is 0 Å². The Morgan fingerprint density at radius 2 is 2.21 bits per heavy atom. The fourth-order valence-corrected chi connectivity index (χ4v) is 1.15. The third kappa shape index (κ3) is 2.86. The predicted molar refractivity (Wildman–Crippen MR) is 49.6 cm³/mol. The molecule has 0 atom stereocenters. The lowest BCUT2D eigenvalue weighted by molar-refractivity contribution is -0.0494. The lowest BCUT2D eigenvalue weighted by Gasteiger charge is -2.06. The van der Waals surface area contributed by atoms with Gasteiger partial charge in [0, 0.05) is 9.38 Å². The van der Waals surface area contributed by atoms with E-state index in [4.69, 9.17) is 5.53 Å². The summed E-state index contributed by atoms with van der Waals surface area (Å²) in [6.07, 6.45) is 0. The number of alkyl halides is 2. The van der Waals surface area contributed by atoms with Crippen molar-refractivity contribution in [2.75, 3.05) is 0 Å². The lowest BCUT2D eigenvalue weighted by atomic mass is 10.3. The summed E-state index contributed by atoms with van der Waals surface area (Å²) in [4.78, 5) is 2.49. The summed E-state index contributed by atoms with van der Waals surface area (Å²) in [6, 6.07) is 4.24. The third-order valence-corrected chi connectivity index (χ3v) is 1.78. The van der Waals surface area contributed by atoms with Gasteiger partial charge in [-0.05, 0) is 23.7 Å². The van der Waals surface area contributed by atoms with Gasteiger partial charge in [0.05, 0.1) is 5.69 Å². The van der Waals surface area contributed by atoms with Gasteiger partial charge in [0.1, 0.15) is 5.75 Å². The van der Waals surface area contributed by atoms with E-state index in [1.54, 1.807) is 6.07 Å². The minimum Gasteiger partial charge on any atom is -0.434 e. The minimum absolute atomic E-state index is 0.0241. The molecule has 0 N–H and O–H groups in total. The van der Waals surface area contributed by atoms with E-state index in [9.17, 15) is 8.78 Å². The van der Waals surface area contributed by atoms with Crippen molar-refractivity contribution in [1.29, 1.82) is 0 Å². The fraction of sp³-hybridized carbons (Fsp3) is 0.143. The van der Waals surface area contributed by atoms with Crippen LogP contribution < -0.4 is 4.74 Å². The molecule has 7 heteroatoms. The molecule has 0 fully saturated rings. The highest BCUT2D eigenvalue weighted by atomic mass is 79.9. The molecular weight excluding hydrogens is 260 g/mol. The van der Waals surface area contributed by atoms with E-state index in [1.165, 1.54) is 12.1 Å². The second-order valence-electron chi connectivity index (χ2n) is 2.18. The highest BCUT2D eigenvalue weighted by molar-refractivity contribution is 9.10. The smallest absolute Gasteiger partial charge is 0.387 e. The summed E-state index contributed by atoms with van der Waals surface area (Å²) in [5.41, 5.74) is 8.18. The number of rotatable bonds is 3. The molecular formula is C7H4BrF2N3O. The fourth-order valence-electron chi connectivity index (χ4n) is 0.809. The van der Waals surface area contributed by atoms with Crippen LogP contribution in [0.15, 0.2) is 27.8 Å². The molecule has 0 aliphatic carbocycles. The first-order chi connectivity index (χ1) is 6.63. The molecule has 0 bridgehead atoms. The van der Waals surface area contributed by atoms with E-state index in [0.29, 0.717) is 4.47 Å². The molecule has 0 spiro atoms. The average Bonchev–Trinajstić information content (AvgIpc) is 2.09. The van der Waals surface area contributed by atoms with Crippen LogP contribution in [0.25, 0.3) is 10.4 Å². The molecule has 0 aromatic heterocycles. The van der Waals surface area contributed by atoms with Crippen molar-refractivity contribution in [2.45, 2.75) is 6.61 Å². The van der Waals surface area contributed by atoms with E-state index in [2.05, 4.69) is 30.7 Å². The average molecular weight is 264 g/mol. The molecule has 0 saturated carbocycles. The van der Waals surface area contributed by atoms with Crippen molar-refractivity contribution in [1.82, 2.24) is 0 Å². The zero-order valence-corrected chi connectivity index (χ0v) is 8.28. The van der Waals surface area contributed by atoms with Crippen molar-refractivity contribution in [2.24, 2.45) is 5.11 Å². The number of hydrogen-bond donors (Lipinski definition) is 0. The Bertz CT molecular complexity index is 379. The molecule has 0 aliphatic rings. The first-order valence-electron chi connectivity index (χ1n) is 3.43. The van der Waals surface area contributed by atoms with Gasteiger partial charge in [-0.2, -0.15) is 8.78 Å². The molecule has 0 unspecified atom stereocenters. The van der Waals surface area contributed by atoms with Crippen molar-refractivity contribution < 1.29 is 13.5 Å². The van der Waals surface area contributed by atoms with Gasteiger partial charge in [-0.25, -0.2) is 0 Å². The van der Waals surface area contributed by atoms with Gasteiger partial charge in [0.15, 0.2) is 0 Å². The van der Waals surface area contributed by atoms with Gasteiger partial charge >= 0.3 is 6.61 Å². The zero-order valence-electron chi connectivity index (χ0n) is 6.69. The normalized spacial score (nSPS) is 9.71. The van der Waals surface area contributed by atoms with Crippen LogP contribution in [0.4, 0.5) is 14.5 Å². The summed E-state index contributed by atoms with van der Waals surface area (Å²) in [7, 11) is 0. The number of halogens is 3. The van der Waals surface area contributed by atoms with E-state index in [1.807, 2.05) is 0 Å². The zero-order chi connectivity index (χ0) is 10.6. The maximum Gasteiger partial charge on any atom is 0.387 e. The van der Waals surface area contributed by atoms with Crippen LogP contribution in [0.3, 0.4) is 0 Å².